The first-order chi connectivity index (χ1) is 64.1. The minimum atomic E-state index is -2.44. The molecule has 0 atom stereocenters. The first-order valence-electron chi connectivity index (χ1n) is 50.4. The second-order valence-corrected chi connectivity index (χ2v) is 39.1. The van der Waals surface area contributed by atoms with Crippen molar-refractivity contribution in [1.82, 2.24) is 0 Å². The summed E-state index contributed by atoms with van der Waals surface area (Å²) in [5.74, 6) is 0. The Morgan fingerprint density at radius 2 is 0.341 bits per heavy atom. The number of hydrogen-bond donors (Lipinski definition) is 0. The summed E-state index contributed by atoms with van der Waals surface area (Å²) < 4.78 is 0. The Hall–Kier alpha value is -11.0. The van der Waals surface area contributed by atoms with Crippen LogP contribution in [0.2, 0.25) is 0 Å². The summed E-state index contributed by atoms with van der Waals surface area (Å²) in [4.78, 5) is 0. The van der Waals surface area contributed by atoms with Crippen LogP contribution in [0.4, 0.5) is 0 Å². The summed E-state index contributed by atoms with van der Waals surface area (Å²) in [6.07, 6.45) is 6.18. The Labute approximate surface area is 791 Å². The Bertz CT molecular complexity index is 5380. The van der Waals surface area contributed by atoms with Gasteiger partial charge < -0.3 is 0 Å². The summed E-state index contributed by atoms with van der Waals surface area (Å²) in [7, 11) is -7.29. The van der Waals surface area contributed by atoms with E-state index >= 15 is 0 Å². The molecule has 0 fully saturated rings. The van der Waals surface area contributed by atoms with Crippen molar-refractivity contribution in [2.75, 3.05) is 0 Å². The van der Waals surface area contributed by atoms with Gasteiger partial charge in [0.15, 0.2) is 24.2 Å². The van der Waals surface area contributed by atoms with Crippen molar-refractivity contribution < 1.29 is 0 Å². The third-order valence-corrected chi connectivity index (χ3v) is 37.9. The van der Waals surface area contributed by atoms with Crippen LogP contribution in [0, 0.1) is 0 Å². The number of hydrogen-bond acceptors (Lipinski definition) is 0. The molecule has 129 heavy (non-hydrogen) atoms. The smallest absolute Gasteiger partial charge is 0.0683 e. The highest BCUT2D eigenvalue weighted by atomic mass is 28.3. The fraction of sp³-hybridized carbons (Fsp3) is 0.286. The third kappa shape index (κ3) is 22.9. The molecule has 0 amide bonds. The van der Waals surface area contributed by atoms with Gasteiger partial charge in [-0.1, -0.05) is 572 Å². The van der Waals surface area contributed by atoms with Gasteiger partial charge in [-0.15, -0.1) is 0 Å². The van der Waals surface area contributed by atoms with E-state index in [0.717, 1.165) is 38.5 Å². The molecule has 3 heteroatoms. The quantitative estimate of drug-likeness (QED) is 0.146. The van der Waals surface area contributed by atoms with E-state index in [1.165, 1.54) is 120 Å². The molecule has 6 aliphatic rings. The van der Waals surface area contributed by atoms with Crippen molar-refractivity contribution in [3.8, 4) is 33.4 Å². The maximum atomic E-state index is 2.59. The highest BCUT2D eigenvalue weighted by Crippen LogP contribution is 2.42. The van der Waals surface area contributed by atoms with Crippen molar-refractivity contribution in [3.05, 3.63) is 431 Å². The molecule has 0 unspecified atom stereocenters. The minimum absolute atomic E-state index is 1.01. The lowest BCUT2D eigenvalue weighted by Gasteiger charge is -2.41. The van der Waals surface area contributed by atoms with Crippen LogP contribution in [0.3, 0.4) is 0 Å². The van der Waals surface area contributed by atoms with Gasteiger partial charge >= 0.3 is 0 Å². The molecular formula is C126H162Si3. The van der Waals surface area contributed by atoms with Gasteiger partial charge in [-0.05, 0) is 201 Å². The standard InChI is InChI=1S/3C32H24Si.15C2H6/c1-3-13-27(14-4-1)33(28-15-5-2-6-16-28)31-18-10-8-12-24(31)20-26-21-30-25(22-32(26)33)19-23-11-7-9-17-29(23)30;1-3-13-27(14-4-1)33(28-15-5-2-6-16-28)31-18-10-8-12-24(31)20-26-21-25-19-23-11-7-9-17-29(23)30(25)22-32(26)33;1-3-13-25(14-4-1)33(26-15-5-2-6-16-26)31-18-10-8-12-24(31)22-30-29-21-23-11-7-9-17-27(23)28(29)19-20-32(30)33;15*1-2/h2*1-18,21-22H,19-20H2;1-20H,21-22H2;15*1-2H3. The zero-order valence-corrected chi connectivity index (χ0v) is 88.4. The Balaban J connectivity index is 0.000000353. The van der Waals surface area contributed by atoms with E-state index in [4.69, 9.17) is 0 Å². The molecule has 0 spiro atoms. The fourth-order valence-electron chi connectivity index (χ4n) is 18.9. The first kappa shape index (κ1) is 110. The van der Waals surface area contributed by atoms with E-state index in [9.17, 15) is 0 Å². The number of benzene rings is 15. The number of fused-ring (bicyclic) bond motifs is 16. The second kappa shape index (κ2) is 59.2. The van der Waals surface area contributed by atoms with E-state index in [1.807, 2.05) is 208 Å². The van der Waals surface area contributed by atoms with Crippen LogP contribution >= 0.6 is 0 Å². The topological polar surface area (TPSA) is 0 Å². The fourth-order valence-corrected chi connectivity index (χ4v) is 34.8. The molecule has 15 aromatic rings. The van der Waals surface area contributed by atoms with Gasteiger partial charge in [0.05, 0.1) is 0 Å². The van der Waals surface area contributed by atoms with Gasteiger partial charge in [-0.25, -0.2) is 0 Å². The van der Waals surface area contributed by atoms with Crippen LogP contribution in [-0.4, -0.2) is 24.2 Å². The zero-order chi connectivity index (χ0) is 95.5. The first-order valence-corrected chi connectivity index (χ1v) is 56.4. The van der Waals surface area contributed by atoms with Crippen LogP contribution in [0.15, 0.2) is 364 Å². The van der Waals surface area contributed by atoms with Gasteiger partial charge in [0.1, 0.15) is 0 Å². The van der Waals surface area contributed by atoms with Crippen LogP contribution in [-0.2, 0) is 38.5 Å². The molecule has 3 heterocycles. The Morgan fingerprint density at radius 1 is 0.124 bits per heavy atom. The number of rotatable bonds is 6. The molecule has 678 valence electrons. The summed E-state index contributed by atoms with van der Waals surface area (Å²) in [6, 6.07) is 138. The molecule has 0 aromatic heterocycles. The predicted octanol–water partition coefficient (Wildman–Crippen LogP) is 29.0. The van der Waals surface area contributed by atoms with Crippen molar-refractivity contribution in [3.63, 3.8) is 0 Å². The molecule has 0 nitrogen and oxygen atoms in total. The summed E-state index contributed by atoms with van der Waals surface area (Å²) in [5, 5.41) is 18.2. The second-order valence-electron chi connectivity index (χ2n) is 27.9. The zero-order valence-electron chi connectivity index (χ0n) is 85.4. The summed E-state index contributed by atoms with van der Waals surface area (Å²) >= 11 is 0. The maximum Gasteiger partial charge on any atom is 0.180 e. The molecule has 0 bridgehead atoms. The van der Waals surface area contributed by atoms with Gasteiger partial charge in [0.25, 0.3) is 0 Å². The van der Waals surface area contributed by atoms with E-state index in [-0.39, 0.29) is 0 Å². The lowest BCUT2D eigenvalue weighted by molar-refractivity contribution is 1.13. The van der Waals surface area contributed by atoms with E-state index in [1.54, 1.807) is 42.2 Å². The molecule has 0 N–H and O–H groups in total. The SMILES string of the molecule is CC.CC.CC.CC.CC.CC.CC.CC.CC.CC.CC.CC.CC.CC.CC.c1ccc([Si]2(c3ccccc3)c3ccccc3Cc3c2ccc2c3Cc3ccccc3-2)cc1.c1ccc([Si]2(c3ccccc3)c3ccccc3Cc3cc4c(cc32)-c2ccccc2C4)cc1.c1ccc([Si]2(c3ccccc3)c3ccccc3Cc3cc4c(cc32)Cc2ccccc2-4)cc1. The van der Waals surface area contributed by atoms with E-state index in [2.05, 4.69) is 364 Å². The maximum absolute atomic E-state index is 2.59. The summed E-state index contributed by atoms with van der Waals surface area (Å²) in [6.45, 7) is 60.0. The molecule has 3 aliphatic carbocycles. The summed E-state index contributed by atoms with van der Waals surface area (Å²) in [5.41, 5.74) is 26.5. The highest BCUT2D eigenvalue weighted by Gasteiger charge is 2.50. The average Bonchev–Trinajstić information content (AvgIpc) is 1.69. The third-order valence-electron chi connectivity index (χ3n) is 23.0. The lowest BCUT2D eigenvalue weighted by atomic mass is 9.95. The normalized spacial score (nSPS) is 12.0. The lowest BCUT2D eigenvalue weighted by Crippen LogP contribution is -2.77. The largest absolute Gasteiger partial charge is 0.180 e. The molecule has 15 aromatic carbocycles. The van der Waals surface area contributed by atoms with Crippen LogP contribution in [0.1, 0.15) is 274 Å². The Kier molecular flexibility index (Phi) is 50.6. The van der Waals surface area contributed by atoms with Gasteiger partial charge in [0.2, 0.25) is 0 Å². The van der Waals surface area contributed by atoms with Gasteiger partial charge in [-0.3, -0.25) is 0 Å². The average molecular weight is 1760 g/mol. The molecule has 0 radical (unpaired) electrons. The van der Waals surface area contributed by atoms with Gasteiger partial charge in [0, 0.05) is 0 Å². The van der Waals surface area contributed by atoms with Crippen molar-refractivity contribution in [1.29, 1.82) is 0 Å². The highest BCUT2D eigenvalue weighted by molar-refractivity contribution is 7.22. The van der Waals surface area contributed by atoms with Crippen LogP contribution in [0.25, 0.3) is 33.4 Å². The van der Waals surface area contributed by atoms with E-state index in [0.29, 0.717) is 0 Å². The van der Waals surface area contributed by atoms with Crippen molar-refractivity contribution in [2.45, 2.75) is 246 Å². The molecule has 3 aliphatic heterocycles. The van der Waals surface area contributed by atoms with Gasteiger partial charge in [-0.2, -0.15) is 0 Å². The minimum Gasteiger partial charge on any atom is -0.0683 e. The van der Waals surface area contributed by atoms with Crippen LogP contribution < -0.4 is 62.2 Å². The molecule has 0 saturated carbocycles. The predicted molar refractivity (Wildman–Crippen MR) is 594 cm³/mol. The monoisotopic (exact) mass is 1760 g/mol. The van der Waals surface area contributed by atoms with E-state index < -0.39 is 24.2 Å². The van der Waals surface area contributed by atoms with Crippen LogP contribution in [0.5, 0.6) is 0 Å². The van der Waals surface area contributed by atoms with Crippen molar-refractivity contribution in [2.24, 2.45) is 0 Å². The molecular weight excluding hydrogens is 1600 g/mol. The molecule has 21 rings (SSSR count). The Morgan fingerprint density at radius 3 is 0.667 bits per heavy atom. The molecule has 0 saturated heterocycles. The van der Waals surface area contributed by atoms with Crippen molar-refractivity contribution >= 4 is 86.5 Å².